The van der Waals surface area contributed by atoms with E-state index >= 15 is 0 Å². The van der Waals surface area contributed by atoms with Crippen LogP contribution in [0.5, 0.6) is 0 Å². The normalized spacial score (nSPS) is 19.7. The lowest BCUT2D eigenvalue weighted by atomic mass is 10.0. The van der Waals surface area contributed by atoms with Crippen molar-refractivity contribution in [3.63, 3.8) is 0 Å². The highest BCUT2D eigenvalue weighted by atomic mass is 16.4. The summed E-state index contributed by atoms with van der Waals surface area (Å²) in [7, 11) is 0. The summed E-state index contributed by atoms with van der Waals surface area (Å²) >= 11 is 0. The highest BCUT2D eigenvalue weighted by Crippen LogP contribution is 2.36. The van der Waals surface area contributed by atoms with Crippen molar-refractivity contribution in [3.8, 4) is 0 Å². The van der Waals surface area contributed by atoms with Crippen LogP contribution in [0.1, 0.15) is 30.5 Å². The molecule has 0 radical (unpaired) electrons. The van der Waals surface area contributed by atoms with E-state index in [1.165, 1.54) is 16.7 Å². The van der Waals surface area contributed by atoms with Gasteiger partial charge >= 0.3 is 5.97 Å². The SMILES string of the molecule is Cc1cc(C)c(N2CN2[C@H](C(=O)O)C(C)C)c(C)c1. The van der Waals surface area contributed by atoms with E-state index in [1.54, 1.807) is 0 Å². The lowest BCUT2D eigenvalue weighted by Gasteiger charge is -2.20. The van der Waals surface area contributed by atoms with Crippen LogP contribution < -0.4 is 5.01 Å². The number of nitrogens with zero attached hydrogens (tertiary/aromatic N) is 2. The number of aliphatic carboxylic acids is 1. The first-order chi connectivity index (χ1) is 8.82. The monoisotopic (exact) mass is 262 g/mol. The molecule has 1 N–H and O–H groups in total. The van der Waals surface area contributed by atoms with E-state index in [-0.39, 0.29) is 5.92 Å². The molecule has 1 unspecified atom stereocenters. The second-order valence-electron chi connectivity index (χ2n) is 5.75. The van der Waals surface area contributed by atoms with E-state index in [9.17, 15) is 9.90 Å². The van der Waals surface area contributed by atoms with Gasteiger partial charge in [0.1, 0.15) is 12.7 Å². The molecule has 1 saturated heterocycles. The zero-order chi connectivity index (χ0) is 14.3. The number of aryl methyl sites for hydroxylation is 3. The summed E-state index contributed by atoms with van der Waals surface area (Å²) in [6, 6.07) is 3.84. The molecule has 1 aliphatic heterocycles. The summed E-state index contributed by atoms with van der Waals surface area (Å²) in [5.41, 5.74) is 4.80. The van der Waals surface area contributed by atoms with Gasteiger partial charge in [0.05, 0.1) is 5.69 Å². The Kier molecular flexibility index (Phi) is 3.54. The number of hydrazine groups is 1. The molecule has 1 fully saturated rings. The van der Waals surface area contributed by atoms with Gasteiger partial charge in [0.25, 0.3) is 0 Å². The number of carbonyl (C=O) groups is 1. The topological polar surface area (TPSA) is 43.3 Å². The second kappa shape index (κ2) is 4.85. The van der Waals surface area contributed by atoms with E-state index in [0.29, 0.717) is 6.67 Å². The predicted molar refractivity (Wildman–Crippen MR) is 76.1 cm³/mol. The summed E-state index contributed by atoms with van der Waals surface area (Å²) in [4.78, 5) is 11.4. The van der Waals surface area contributed by atoms with Crippen molar-refractivity contribution < 1.29 is 9.90 Å². The van der Waals surface area contributed by atoms with Crippen LogP contribution in [0.25, 0.3) is 0 Å². The van der Waals surface area contributed by atoms with Crippen LogP contribution in [0.2, 0.25) is 0 Å². The molecule has 0 spiro atoms. The minimum atomic E-state index is -0.750. The van der Waals surface area contributed by atoms with Crippen molar-refractivity contribution in [2.24, 2.45) is 5.92 Å². The number of carboxylic acids is 1. The minimum Gasteiger partial charge on any atom is -0.480 e. The lowest BCUT2D eigenvalue weighted by molar-refractivity contribution is -0.142. The molecule has 1 aromatic rings. The number of carboxylic acid groups (broad SMARTS) is 1. The molecule has 1 heterocycles. The van der Waals surface area contributed by atoms with E-state index in [1.807, 2.05) is 18.9 Å². The van der Waals surface area contributed by atoms with Crippen LogP contribution in [-0.4, -0.2) is 28.8 Å². The Bertz CT molecular complexity index is 488. The largest absolute Gasteiger partial charge is 0.480 e. The third-order valence-corrected chi connectivity index (χ3v) is 3.60. The van der Waals surface area contributed by atoms with Gasteiger partial charge in [-0.15, -0.1) is 0 Å². The molecule has 0 aliphatic carbocycles. The molecule has 0 saturated carbocycles. The number of rotatable bonds is 4. The van der Waals surface area contributed by atoms with Crippen molar-refractivity contribution in [2.75, 3.05) is 11.7 Å². The Morgan fingerprint density at radius 1 is 1.21 bits per heavy atom. The molecule has 0 aromatic heterocycles. The van der Waals surface area contributed by atoms with Gasteiger partial charge in [-0.3, -0.25) is 9.80 Å². The fourth-order valence-corrected chi connectivity index (χ4v) is 2.88. The smallest absolute Gasteiger partial charge is 0.323 e. The predicted octanol–water partition coefficient (Wildman–Crippen LogP) is 2.72. The van der Waals surface area contributed by atoms with Crippen LogP contribution in [0.4, 0.5) is 5.69 Å². The Morgan fingerprint density at radius 3 is 2.16 bits per heavy atom. The van der Waals surface area contributed by atoms with E-state index < -0.39 is 12.0 Å². The maximum atomic E-state index is 11.4. The Hall–Kier alpha value is -1.55. The molecule has 19 heavy (non-hydrogen) atoms. The van der Waals surface area contributed by atoms with E-state index in [2.05, 4.69) is 37.9 Å². The fraction of sp³-hybridized carbons (Fsp3) is 0.533. The minimum absolute atomic E-state index is 0.0913. The van der Waals surface area contributed by atoms with Crippen molar-refractivity contribution in [1.82, 2.24) is 5.01 Å². The van der Waals surface area contributed by atoms with E-state index in [0.717, 1.165) is 5.69 Å². The lowest BCUT2D eigenvalue weighted by Crippen LogP contribution is -2.36. The van der Waals surface area contributed by atoms with Crippen LogP contribution in [-0.2, 0) is 4.79 Å². The molecule has 2 atom stereocenters. The summed E-state index contributed by atoms with van der Waals surface area (Å²) < 4.78 is 0. The summed E-state index contributed by atoms with van der Waals surface area (Å²) in [5, 5.41) is 13.3. The fourth-order valence-electron chi connectivity index (χ4n) is 2.88. The number of anilines is 1. The average molecular weight is 262 g/mol. The highest BCUT2D eigenvalue weighted by Gasteiger charge is 2.44. The molecule has 2 rings (SSSR count). The van der Waals surface area contributed by atoms with Gasteiger partial charge in [0, 0.05) is 0 Å². The van der Waals surface area contributed by atoms with Crippen LogP contribution >= 0.6 is 0 Å². The van der Waals surface area contributed by atoms with Crippen LogP contribution in [0, 0.1) is 26.7 Å². The molecule has 104 valence electrons. The first-order valence-corrected chi connectivity index (χ1v) is 6.67. The standard InChI is InChI=1S/C15H22N2O2/c1-9(2)13(15(18)19)16-8-17(16)14-11(4)6-10(3)7-12(14)5/h6-7,9,13H,8H2,1-5H3,(H,18,19)/t13-,16?,17?/m0/s1. The van der Waals surface area contributed by atoms with Gasteiger partial charge in [0.15, 0.2) is 0 Å². The van der Waals surface area contributed by atoms with Crippen molar-refractivity contribution >= 4 is 11.7 Å². The molecular formula is C15H22N2O2. The van der Waals surface area contributed by atoms with Gasteiger partial charge in [-0.05, 0) is 37.8 Å². The first kappa shape index (κ1) is 13.9. The van der Waals surface area contributed by atoms with Gasteiger partial charge in [0.2, 0.25) is 0 Å². The van der Waals surface area contributed by atoms with E-state index in [4.69, 9.17) is 0 Å². The van der Waals surface area contributed by atoms with Crippen molar-refractivity contribution in [1.29, 1.82) is 0 Å². The van der Waals surface area contributed by atoms with Crippen molar-refractivity contribution in [2.45, 2.75) is 40.7 Å². The van der Waals surface area contributed by atoms with Gasteiger partial charge in [-0.25, -0.2) is 0 Å². The molecule has 1 aromatic carbocycles. The van der Waals surface area contributed by atoms with Crippen molar-refractivity contribution in [3.05, 3.63) is 28.8 Å². The molecule has 0 amide bonds. The Morgan fingerprint density at radius 2 is 1.74 bits per heavy atom. The number of hydrogen-bond acceptors (Lipinski definition) is 3. The molecular weight excluding hydrogens is 240 g/mol. The summed E-state index contributed by atoms with van der Waals surface area (Å²) in [6.07, 6.45) is 0. The highest BCUT2D eigenvalue weighted by molar-refractivity contribution is 5.75. The Labute approximate surface area is 114 Å². The summed E-state index contributed by atoms with van der Waals surface area (Å²) in [5.74, 6) is -0.659. The third kappa shape index (κ3) is 2.59. The first-order valence-electron chi connectivity index (χ1n) is 6.67. The maximum absolute atomic E-state index is 11.4. The molecule has 1 aliphatic rings. The van der Waals surface area contributed by atoms with Crippen LogP contribution in [0.15, 0.2) is 12.1 Å². The average Bonchev–Trinajstić information content (AvgIpc) is 2.94. The van der Waals surface area contributed by atoms with Gasteiger partial charge in [-0.1, -0.05) is 31.5 Å². The van der Waals surface area contributed by atoms with Gasteiger partial charge in [-0.2, -0.15) is 5.01 Å². The zero-order valence-electron chi connectivity index (χ0n) is 12.3. The third-order valence-electron chi connectivity index (χ3n) is 3.60. The number of hydrogen-bond donors (Lipinski definition) is 1. The summed E-state index contributed by atoms with van der Waals surface area (Å²) in [6.45, 7) is 10.8. The molecule has 0 bridgehead atoms. The number of benzene rings is 1. The maximum Gasteiger partial charge on any atom is 0.323 e. The molecule has 4 nitrogen and oxygen atoms in total. The second-order valence-corrected chi connectivity index (χ2v) is 5.75. The quantitative estimate of drug-likeness (QED) is 0.847. The van der Waals surface area contributed by atoms with Crippen LogP contribution in [0.3, 0.4) is 0 Å². The molecule has 4 heteroatoms. The zero-order valence-corrected chi connectivity index (χ0v) is 12.3. The van der Waals surface area contributed by atoms with Gasteiger partial charge < -0.3 is 5.11 Å². The Balaban J connectivity index is 2.26.